The van der Waals surface area contributed by atoms with E-state index in [0.29, 0.717) is 5.25 Å². The van der Waals surface area contributed by atoms with E-state index in [9.17, 15) is 9.90 Å². The van der Waals surface area contributed by atoms with Crippen molar-refractivity contribution in [2.45, 2.75) is 62.6 Å². The summed E-state index contributed by atoms with van der Waals surface area (Å²) in [6.07, 6.45) is 5.10. The lowest BCUT2D eigenvalue weighted by Crippen LogP contribution is -2.38. The van der Waals surface area contributed by atoms with Gasteiger partial charge in [0.25, 0.3) is 5.91 Å². The fourth-order valence-electron chi connectivity index (χ4n) is 2.69. The molecule has 4 heteroatoms. The molecule has 0 radical (unpaired) electrons. The maximum Gasteiger partial charge on any atom is 0.252 e. The van der Waals surface area contributed by atoms with Crippen LogP contribution in [0.4, 0.5) is 0 Å². The Morgan fingerprint density at radius 1 is 1.36 bits per heavy atom. The number of benzene rings is 1. The van der Waals surface area contributed by atoms with Crippen molar-refractivity contribution in [3.8, 4) is 0 Å². The first-order chi connectivity index (χ1) is 10.5. The maximum absolute atomic E-state index is 12.6. The number of aliphatic hydroxyl groups excluding tert-OH is 1. The molecule has 1 aliphatic rings. The third-order valence-corrected chi connectivity index (χ3v) is 5.89. The first kappa shape index (κ1) is 17.4. The Morgan fingerprint density at radius 3 is 2.68 bits per heavy atom. The number of rotatable bonds is 6. The smallest absolute Gasteiger partial charge is 0.252 e. The van der Waals surface area contributed by atoms with Crippen molar-refractivity contribution in [2.75, 3.05) is 6.61 Å². The summed E-state index contributed by atoms with van der Waals surface area (Å²) in [5.41, 5.74) is 1.87. The molecule has 0 spiro atoms. The molecule has 122 valence electrons. The van der Waals surface area contributed by atoms with Crippen molar-refractivity contribution < 1.29 is 9.90 Å². The van der Waals surface area contributed by atoms with Gasteiger partial charge in [0.15, 0.2) is 0 Å². The summed E-state index contributed by atoms with van der Waals surface area (Å²) in [6.45, 7) is 5.98. The highest BCUT2D eigenvalue weighted by Gasteiger charge is 2.21. The molecular formula is C18H27NO2S. The van der Waals surface area contributed by atoms with Gasteiger partial charge in [-0.25, -0.2) is 0 Å². The highest BCUT2D eigenvalue weighted by molar-refractivity contribution is 8.00. The number of amides is 1. The molecular weight excluding hydrogens is 294 g/mol. The summed E-state index contributed by atoms with van der Waals surface area (Å²) in [6, 6.07) is 6.09. The minimum absolute atomic E-state index is 0.0306. The zero-order valence-electron chi connectivity index (χ0n) is 13.8. The van der Waals surface area contributed by atoms with Gasteiger partial charge in [0.05, 0.1) is 5.56 Å². The average Bonchev–Trinajstić information content (AvgIpc) is 3.01. The lowest BCUT2D eigenvalue weighted by molar-refractivity contribution is 0.0913. The Bertz CT molecular complexity index is 512. The minimum atomic E-state index is -0.0395. The van der Waals surface area contributed by atoms with Crippen LogP contribution in [0.2, 0.25) is 0 Å². The summed E-state index contributed by atoms with van der Waals surface area (Å²) < 4.78 is 0. The van der Waals surface area contributed by atoms with Crippen molar-refractivity contribution in [3.05, 3.63) is 29.3 Å². The van der Waals surface area contributed by atoms with Gasteiger partial charge in [-0.05, 0) is 44.7 Å². The molecule has 1 amide bonds. The second kappa shape index (κ2) is 8.02. The number of carbonyl (C=O) groups is 1. The summed E-state index contributed by atoms with van der Waals surface area (Å²) >= 11 is 1.85. The Morgan fingerprint density at radius 2 is 2.05 bits per heavy atom. The van der Waals surface area contributed by atoms with E-state index in [1.54, 1.807) is 0 Å². The van der Waals surface area contributed by atoms with Gasteiger partial charge in [0.2, 0.25) is 0 Å². The summed E-state index contributed by atoms with van der Waals surface area (Å²) in [5.74, 6) is 0.0247. The molecule has 0 bridgehead atoms. The van der Waals surface area contributed by atoms with Crippen LogP contribution in [-0.2, 0) is 0 Å². The molecule has 2 rings (SSSR count). The van der Waals surface area contributed by atoms with E-state index in [2.05, 4.69) is 17.4 Å². The molecule has 0 saturated heterocycles. The Hall–Kier alpha value is -1.00. The van der Waals surface area contributed by atoms with Gasteiger partial charge in [-0.3, -0.25) is 4.79 Å². The molecule has 2 atom stereocenters. The molecule has 1 aromatic rings. The lowest BCUT2D eigenvalue weighted by Gasteiger charge is -2.21. The van der Waals surface area contributed by atoms with Crippen molar-refractivity contribution in [3.63, 3.8) is 0 Å². The minimum Gasteiger partial charge on any atom is -0.396 e. The summed E-state index contributed by atoms with van der Waals surface area (Å²) in [7, 11) is 0. The van der Waals surface area contributed by atoms with Crippen LogP contribution < -0.4 is 5.32 Å². The topological polar surface area (TPSA) is 49.3 Å². The highest BCUT2D eigenvalue weighted by atomic mass is 32.2. The van der Waals surface area contributed by atoms with Crippen molar-refractivity contribution in [1.82, 2.24) is 5.32 Å². The van der Waals surface area contributed by atoms with Crippen LogP contribution in [0.3, 0.4) is 0 Å². The van der Waals surface area contributed by atoms with Crippen LogP contribution in [0.25, 0.3) is 0 Å². The van der Waals surface area contributed by atoms with E-state index in [1.807, 2.05) is 38.6 Å². The molecule has 22 heavy (non-hydrogen) atoms. The molecule has 0 aliphatic heterocycles. The molecule has 1 saturated carbocycles. The van der Waals surface area contributed by atoms with E-state index in [1.165, 1.54) is 25.7 Å². The molecule has 1 fully saturated rings. The number of carbonyl (C=O) groups excluding carboxylic acids is 1. The number of nitrogens with one attached hydrogen (secondary N) is 1. The number of aliphatic hydroxyl groups is 1. The second-order valence-corrected chi connectivity index (χ2v) is 7.79. The van der Waals surface area contributed by atoms with Crippen LogP contribution in [-0.4, -0.2) is 28.9 Å². The van der Waals surface area contributed by atoms with E-state index < -0.39 is 0 Å². The quantitative estimate of drug-likeness (QED) is 0.838. The number of aryl methyl sites for hydroxylation is 1. The highest BCUT2D eigenvalue weighted by Crippen LogP contribution is 2.36. The molecule has 3 nitrogen and oxygen atoms in total. The third-order valence-electron chi connectivity index (χ3n) is 4.48. The molecule has 1 aliphatic carbocycles. The van der Waals surface area contributed by atoms with Gasteiger partial charge >= 0.3 is 0 Å². The van der Waals surface area contributed by atoms with Crippen molar-refractivity contribution in [1.29, 1.82) is 0 Å². The average molecular weight is 321 g/mol. The van der Waals surface area contributed by atoms with Gasteiger partial charge in [0, 0.05) is 22.8 Å². The van der Waals surface area contributed by atoms with E-state index in [0.717, 1.165) is 16.0 Å². The van der Waals surface area contributed by atoms with Crippen molar-refractivity contribution >= 4 is 17.7 Å². The van der Waals surface area contributed by atoms with Crippen LogP contribution in [0.5, 0.6) is 0 Å². The molecule has 2 unspecified atom stereocenters. The van der Waals surface area contributed by atoms with E-state index in [-0.39, 0.29) is 24.5 Å². The van der Waals surface area contributed by atoms with Gasteiger partial charge in [-0.1, -0.05) is 31.4 Å². The van der Waals surface area contributed by atoms with Crippen LogP contribution in [0.1, 0.15) is 55.5 Å². The molecule has 1 aromatic carbocycles. The second-order valence-electron chi connectivity index (χ2n) is 6.45. The predicted molar refractivity (Wildman–Crippen MR) is 92.5 cm³/mol. The first-order valence-electron chi connectivity index (χ1n) is 8.20. The Balaban J connectivity index is 2.13. The Kier molecular flexibility index (Phi) is 6.33. The third kappa shape index (κ3) is 4.50. The maximum atomic E-state index is 12.6. The van der Waals surface area contributed by atoms with Gasteiger partial charge in [-0.15, -0.1) is 11.8 Å². The van der Waals surface area contributed by atoms with Gasteiger partial charge < -0.3 is 10.4 Å². The zero-order valence-corrected chi connectivity index (χ0v) is 14.6. The van der Waals surface area contributed by atoms with E-state index in [4.69, 9.17) is 0 Å². The summed E-state index contributed by atoms with van der Waals surface area (Å²) in [5, 5.41) is 12.9. The standard InChI is InChI=1S/C18H27NO2S/c1-12-8-9-17(22-15-6-4-5-7-15)16(10-12)18(21)19-14(3)13(2)11-20/h8-10,13-15,20H,4-7,11H2,1-3H3,(H,19,21). The number of hydrogen-bond acceptors (Lipinski definition) is 3. The number of thioether (sulfide) groups is 1. The van der Waals surface area contributed by atoms with Crippen molar-refractivity contribution in [2.24, 2.45) is 5.92 Å². The van der Waals surface area contributed by atoms with Gasteiger partial charge in [-0.2, -0.15) is 0 Å². The zero-order chi connectivity index (χ0) is 16.1. The molecule has 0 heterocycles. The van der Waals surface area contributed by atoms with Crippen LogP contribution in [0, 0.1) is 12.8 Å². The van der Waals surface area contributed by atoms with Crippen LogP contribution in [0.15, 0.2) is 23.1 Å². The van der Waals surface area contributed by atoms with Crippen LogP contribution >= 0.6 is 11.8 Å². The number of hydrogen-bond donors (Lipinski definition) is 2. The molecule has 0 aromatic heterocycles. The predicted octanol–water partition coefficient (Wildman–Crippen LogP) is 3.78. The monoisotopic (exact) mass is 321 g/mol. The fourth-order valence-corrected chi connectivity index (χ4v) is 4.05. The fraction of sp³-hybridized carbons (Fsp3) is 0.611. The summed E-state index contributed by atoms with van der Waals surface area (Å²) in [4.78, 5) is 13.7. The van der Waals surface area contributed by atoms with Gasteiger partial charge in [0.1, 0.15) is 0 Å². The Labute approximate surface area is 137 Å². The first-order valence-corrected chi connectivity index (χ1v) is 9.08. The lowest BCUT2D eigenvalue weighted by atomic mass is 10.0. The van der Waals surface area contributed by atoms with E-state index >= 15 is 0 Å². The molecule has 2 N–H and O–H groups in total. The SMILES string of the molecule is Cc1ccc(SC2CCCC2)c(C(=O)NC(C)C(C)CO)c1. The normalized spacial score (nSPS) is 18.2. The largest absolute Gasteiger partial charge is 0.396 e.